The molecule has 1 heterocycles. The first-order valence-corrected chi connectivity index (χ1v) is 5.63. The smallest absolute Gasteiger partial charge is 0.228 e. The molecule has 0 bridgehead atoms. The quantitative estimate of drug-likeness (QED) is 0.790. The van der Waals surface area contributed by atoms with Gasteiger partial charge in [0.05, 0.1) is 18.4 Å². The van der Waals surface area contributed by atoms with Crippen molar-refractivity contribution in [2.45, 2.75) is 46.3 Å². The van der Waals surface area contributed by atoms with Crippen LogP contribution in [0.5, 0.6) is 5.88 Å². The molecule has 0 spiro atoms. The van der Waals surface area contributed by atoms with Crippen molar-refractivity contribution in [3.05, 3.63) is 17.1 Å². The zero-order valence-electron chi connectivity index (χ0n) is 10.6. The molecule has 94 valence electrons. The molecular formula is C12H18N2O3. The molecule has 1 rings (SSSR count). The molecule has 1 aromatic rings. The molecule has 1 aromatic heterocycles. The van der Waals surface area contributed by atoms with Crippen molar-refractivity contribution in [3.63, 3.8) is 0 Å². The van der Waals surface area contributed by atoms with Gasteiger partial charge in [0, 0.05) is 5.92 Å². The molecule has 0 unspecified atom stereocenters. The van der Waals surface area contributed by atoms with Crippen molar-refractivity contribution < 1.29 is 14.6 Å². The van der Waals surface area contributed by atoms with Crippen LogP contribution in [0, 0.1) is 0 Å². The van der Waals surface area contributed by atoms with E-state index in [0.29, 0.717) is 17.8 Å². The molecule has 0 atom stereocenters. The van der Waals surface area contributed by atoms with Crippen LogP contribution in [0.3, 0.4) is 0 Å². The van der Waals surface area contributed by atoms with E-state index in [-0.39, 0.29) is 30.1 Å². The molecule has 0 saturated heterocycles. The number of carbonyl (C=O) groups excluding carboxylic acids is 1. The van der Waals surface area contributed by atoms with Crippen LogP contribution in [0.15, 0.2) is 0 Å². The van der Waals surface area contributed by atoms with Crippen LogP contribution >= 0.6 is 0 Å². The highest BCUT2D eigenvalue weighted by Crippen LogP contribution is 2.21. The first kappa shape index (κ1) is 13.6. The van der Waals surface area contributed by atoms with Gasteiger partial charge in [0.1, 0.15) is 11.4 Å². The van der Waals surface area contributed by atoms with E-state index < -0.39 is 0 Å². The van der Waals surface area contributed by atoms with Crippen LogP contribution in [0.4, 0.5) is 0 Å². The van der Waals surface area contributed by atoms with Crippen molar-refractivity contribution in [3.8, 4) is 5.88 Å². The molecular weight excluding hydrogens is 220 g/mol. The maximum atomic E-state index is 11.0. The van der Waals surface area contributed by atoms with Gasteiger partial charge in [-0.05, 0) is 13.8 Å². The van der Waals surface area contributed by atoms with Crippen LogP contribution in [0.1, 0.15) is 55.5 Å². The van der Waals surface area contributed by atoms with Crippen molar-refractivity contribution >= 4 is 6.29 Å². The second-order valence-corrected chi connectivity index (χ2v) is 4.34. The van der Waals surface area contributed by atoms with Gasteiger partial charge in [-0.15, -0.1) is 0 Å². The Bertz CT molecular complexity index is 403. The van der Waals surface area contributed by atoms with Crippen LogP contribution in [-0.4, -0.2) is 27.5 Å². The van der Waals surface area contributed by atoms with E-state index in [1.54, 1.807) is 0 Å². The number of hydrogen-bond donors (Lipinski definition) is 1. The minimum Gasteiger partial charge on any atom is -0.474 e. The molecule has 0 radical (unpaired) electrons. The Hall–Kier alpha value is -1.49. The van der Waals surface area contributed by atoms with Crippen LogP contribution in [0.25, 0.3) is 0 Å². The van der Waals surface area contributed by atoms with Crippen molar-refractivity contribution in [1.82, 2.24) is 9.97 Å². The molecule has 0 aromatic carbocycles. The average molecular weight is 238 g/mol. The van der Waals surface area contributed by atoms with E-state index in [2.05, 4.69) is 9.97 Å². The van der Waals surface area contributed by atoms with Crippen LogP contribution in [0.2, 0.25) is 0 Å². The number of aliphatic hydroxyl groups is 1. The van der Waals surface area contributed by atoms with E-state index in [1.807, 2.05) is 27.7 Å². The summed E-state index contributed by atoms with van der Waals surface area (Å²) in [5.41, 5.74) is 0.542. The normalized spacial score (nSPS) is 11.0. The summed E-state index contributed by atoms with van der Waals surface area (Å²) in [5, 5.41) is 9.21. The van der Waals surface area contributed by atoms with Gasteiger partial charge in [-0.2, -0.15) is 4.98 Å². The third-order valence-electron chi connectivity index (χ3n) is 2.14. The van der Waals surface area contributed by atoms with E-state index in [1.165, 1.54) is 0 Å². The maximum absolute atomic E-state index is 11.0. The number of nitrogens with zero attached hydrogens (tertiary/aromatic N) is 2. The molecule has 17 heavy (non-hydrogen) atoms. The molecule has 0 aliphatic carbocycles. The minimum atomic E-state index is -0.301. The lowest BCUT2D eigenvalue weighted by atomic mass is 10.1. The highest BCUT2D eigenvalue weighted by atomic mass is 16.5. The van der Waals surface area contributed by atoms with Crippen LogP contribution < -0.4 is 4.74 Å². The minimum absolute atomic E-state index is 0.0878. The summed E-state index contributed by atoms with van der Waals surface area (Å²) in [6.07, 6.45) is 0.531. The Kier molecular flexibility index (Phi) is 4.57. The van der Waals surface area contributed by atoms with Gasteiger partial charge in [-0.25, -0.2) is 4.98 Å². The predicted octanol–water partition coefficient (Wildman–Crippen LogP) is 1.69. The summed E-state index contributed by atoms with van der Waals surface area (Å²) in [7, 11) is 0. The van der Waals surface area contributed by atoms with Crippen LogP contribution in [-0.2, 0) is 6.61 Å². The third-order valence-corrected chi connectivity index (χ3v) is 2.14. The SMILES string of the molecule is CC(C)Oc1nc(C(C)C)nc(CO)c1C=O. The Morgan fingerprint density at radius 1 is 1.29 bits per heavy atom. The Morgan fingerprint density at radius 3 is 2.35 bits per heavy atom. The molecule has 0 fully saturated rings. The first-order chi connectivity index (χ1) is 7.99. The maximum Gasteiger partial charge on any atom is 0.228 e. The first-order valence-electron chi connectivity index (χ1n) is 5.63. The lowest BCUT2D eigenvalue weighted by molar-refractivity contribution is 0.111. The largest absolute Gasteiger partial charge is 0.474 e. The second-order valence-electron chi connectivity index (χ2n) is 4.34. The second kappa shape index (κ2) is 5.72. The van der Waals surface area contributed by atoms with E-state index in [9.17, 15) is 9.90 Å². The molecule has 5 heteroatoms. The highest BCUT2D eigenvalue weighted by molar-refractivity contribution is 5.79. The predicted molar refractivity (Wildman–Crippen MR) is 63.2 cm³/mol. The molecule has 0 aliphatic rings. The zero-order valence-corrected chi connectivity index (χ0v) is 10.6. The number of ether oxygens (including phenoxy) is 1. The summed E-state index contributed by atoms with van der Waals surface area (Å²) in [6, 6.07) is 0. The average Bonchev–Trinajstić information content (AvgIpc) is 2.26. The fraction of sp³-hybridized carbons (Fsp3) is 0.583. The van der Waals surface area contributed by atoms with Crippen molar-refractivity contribution in [2.24, 2.45) is 0 Å². The number of hydrogen-bond acceptors (Lipinski definition) is 5. The lowest BCUT2D eigenvalue weighted by Crippen LogP contribution is -2.14. The molecule has 0 aliphatic heterocycles. The molecule has 5 nitrogen and oxygen atoms in total. The number of aromatic nitrogens is 2. The fourth-order valence-corrected chi connectivity index (χ4v) is 1.32. The van der Waals surface area contributed by atoms with E-state index in [0.717, 1.165) is 0 Å². The van der Waals surface area contributed by atoms with Gasteiger partial charge in [-0.1, -0.05) is 13.8 Å². The lowest BCUT2D eigenvalue weighted by Gasteiger charge is -2.15. The summed E-state index contributed by atoms with van der Waals surface area (Å²) in [4.78, 5) is 19.4. The Labute approximate surface area is 101 Å². The Balaban J connectivity index is 3.31. The monoisotopic (exact) mass is 238 g/mol. The number of aldehydes is 1. The summed E-state index contributed by atoms with van der Waals surface area (Å²) in [6.45, 7) is 7.28. The van der Waals surface area contributed by atoms with Gasteiger partial charge in [0.25, 0.3) is 0 Å². The molecule has 1 N–H and O–H groups in total. The van der Waals surface area contributed by atoms with Gasteiger partial charge >= 0.3 is 0 Å². The number of aliphatic hydroxyl groups excluding tert-OH is 1. The summed E-state index contributed by atoms with van der Waals surface area (Å²) < 4.78 is 5.48. The van der Waals surface area contributed by atoms with E-state index >= 15 is 0 Å². The molecule has 0 amide bonds. The summed E-state index contributed by atoms with van der Waals surface area (Å²) in [5.74, 6) is 0.920. The van der Waals surface area contributed by atoms with Gasteiger partial charge in [0.15, 0.2) is 6.29 Å². The molecule has 0 saturated carbocycles. The van der Waals surface area contributed by atoms with Gasteiger partial charge in [-0.3, -0.25) is 4.79 Å². The zero-order chi connectivity index (χ0) is 13.0. The van der Waals surface area contributed by atoms with Crippen molar-refractivity contribution in [2.75, 3.05) is 0 Å². The topological polar surface area (TPSA) is 72.3 Å². The number of carbonyl (C=O) groups is 1. The van der Waals surface area contributed by atoms with E-state index in [4.69, 9.17) is 4.74 Å². The van der Waals surface area contributed by atoms with Gasteiger partial charge < -0.3 is 9.84 Å². The Morgan fingerprint density at radius 2 is 1.94 bits per heavy atom. The van der Waals surface area contributed by atoms with Gasteiger partial charge in [0.2, 0.25) is 5.88 Å². The fourth-order valence-electron chi connectivity index (χ4n) is 1.32. The standard InChI is InChI=1S/C12H18N2O3/c1-7(2)11-13-10(6-16)9(5-15)12(14-11)17-8(3)4/h5,7-8,16H,6H2,1-4H3. The summed E-state index contributed by atoms with van der Waals surface area (Å²) >= 11 is 0. The number of rotatable bonds is 5. The highest BCUT2D eigenvalue weighted by Gasteiger charge is 2.17. The third kappa shape index (κ3) is 3.23. The van der Waals surface area contributed by atoms with Crippen molar-refractivity contribution in [1.29, 1.82) is 0 Å².